The minimum absolute atomic E-state index is 0.0624. The van der Waals surface area contributed by atoms with Gasteiger partial charge in [-0.3, -0.25) is 0 Å². The first-order valence-corrected chi connectivity index (χ1v) is 7.61. The average molecular weight is 326 g/mol. The largest absolute Gasteiger partial charge is 0.392 e. The molecule has 1 aromatic heterocycles. The lowest BCUT2D eigenvalue weighted by Crippen LogP contribution is -1.88. The number of nitrogens with one attached hydrogen (secondary N) is 2. The van der Waals surface area contributed by atoms with E-state index in [0.717, 1.165) is 27.9 Å². The highest BCUT2D eigenvalue weighted by molar-refractivity contribution is 7.72. The smallest absolute Gasteiger partial charge is 0.175 e. The van der Waals surface area contributed by atoms with Crippen LogP contribution in [0.1, 0.15) is 5.56 Å². The fourth-order valence-electron chi connectivity index (χ4n) is 2.27. The molecular weight excluding hydrogens is 312 g/mol. The monoisotopic (exact) mass is 326 g/mol. The Morgan fingerprint density at radius 2 is 1.32 bits per heavy atom. The third kappa shape index (κ3) is 3.22. The van der Waals surface area contributed by atoms with E-state index >= 15 is 0 Å². The zero-order valence-electron chi connectivity index (χ0n) is 11.7. The quantitative estimate of drug-likeness (QED) is 0.615. The van der Waals surface area contributed by atoms with Gasteiger partial charge in [-0.05, 0) is 40.5 Å². The van der Waals surface area contributed by atoms with Crippen LogP contribution in [0.15, 0.2) is 54.6 Å². The first-order valence-electron chi connectivity index (χ1n) is 6.80. The van der Waals surface area contributed by atoms with Gasteiger partial charge in [0, 0.05) is 0 Å². The Balaban J connectivity index is 1.94. The van der Waals surface area contributed by atoms with Gasteiger partial charge in [0.25, 0.3) is 0 Å². The molecule has 3 N–H and O–H groups in total. The molecule has 0 bridgehead atoms. The molecule has 110 valence electrons. The maximum absolute atomic E-state index is 9.08. The molecule has 5 heteroatoms. The maximum atomic E-state index is 9.08. The number of aliphatic hydroxyl groups excluding tert-OH is 1. The Hall–Kier alpha value is -2.08. The van der Waals surface area contributed by atoms with Gasteiger partial charge in [-0.2, -0.15) is 0 Å². The second-order valence-electron chi connectivity index (χ2n) is 4.93. The molecule has 0 fully saturated rings. The Kier molecular flexibility index (Phi) is 4.29. The summed E-state index contributed by atoms with van der Waals surface area (Å²) in [5, 5.41) is 9.08. The van der Waals surface area contributed by atoms with Crippen LogP contribution in [0, 0.1) is 9.41 Å². The normalized spacial score (nSPS) is 10.6. The zero-order chi connectivity index (χ0) is 15.5. The Bertz CT molecular complexity index is 865. The fraction of sp³-hybridized carbons (Fsp3) is 0.0588. The third-order valence-corrected chi connectivity index (χ3v) is 3.85. The van der Waals surface area contributed by atoms with Crippen molar-refractivity contribution in [1.29, 1.82) is 0 Å². The van der Waals surface area contributed by atoms with Crippen molar-refractivity contribution >= 4 is 24.4 Å². The standard InChI is InChI=1S/C17H14N2OS2/c20-10-11-1-3-12(4-2-11)13-5-7-14(8-6-13)15-9-16(21)19-17(22)18-15/h1-9,20H,10H2,(H2,18,19,21,22). The summed E-state index contributed by atoms with van der Waals surface area (Å²) in [6, 6.07) is 17.9. The first kappa shape index (κ1) is 14.8. The number of rotatable bonds is 3. The van der Waals surface area contributed by atoms with Gasteiger partial charge in [0.15, 0.2) is 4.77 Å². The van der Waals surface area contributed by atoms with Gasteiger partial charge in [0.1, 0.15) is 4.64 Å². The molecule has 0 spiro atoms. The number of benzene rings is 2. The molecule has 0 saturated carbocycles. The minimum atomic E-state index is 0.0624. The lowest BCUT2D eigenvalue weighted by molar-refractivity contribution is 0.282. The van der Waals surface area contributed by atoms with E-state index in [-0.39, 0.29) is 6.61 Å². The molecule has 3 nitrogen and oxygen atoms in total. The van der Waals surface area contributed by atoms with Crippen molar-refractivity contribution in [3.05, 3.63) is 69.6 Å². The van der Waals surface area contributed by atoms with Crippen LogP contribution in [0.4, 0.5) is 0 Å². The Labute approximate surface area is 138 Å². The van der Waals surface area contributed by atoms with E-state index in [9.17, 15) is 0 Å². The average Bonchev–Trinajstić information content (AvgIpc) is 2.54. The first-order chi connectivity index (χ1) is 10.7. The van der Waals surface area contributed by atoms with E-state index in [0.29, 0.717) is 9.41 Å². The summed E-state index contributed by atoms with van der Waals surface area (Å²) in [7, 11) is 0. The Morgan fingerprint density at radius 3 is 1.86 bits per heavy atom. The van der Waals surface area contributed by atoms with Crippen LogP contribution in [0.25, 0.3) is 22.4 Å². The molecule has 2 aromatic carbocycles. The lowest BCUT2D eigenvalue weighted by atomic mass is 10.0. The summed E-state index contributed by atoms with van der Waals surface area (Å²) in [5.41, 5.74) is 5.07. The third-order valence-electron chi connectivity index (χ3n) is 3.43. The predicted octanol–water partition coefficient (Wildman–Crippen LogP) is 4.63. The number of hydrogen-bond donors (Lipinski definition) is 3. The van der Waals surface area contributed by atoms with Crippen LogP contribution >= 0.6 is 24.4 Å². The number of H-pyrrole nitrogens is 2. The molecule has 0 aliphatic carbocycles. The van der Waals surface area contributed by atoms with Gasteiger partial charge < -0.3 is 15.1 Å². The molecule has 22 heavy (non-hydrogen) atoms. The molecular formula is C17H14N2OS2. The van der Waals surface area contributed by atoms with E-state index in [1.54, 1.807) is 0 Å². The zero-order valence-corrected chi connectivity index (χ0v) is 13.3. The van der Waals surface area contributed by atoms with Crippen molar-refractivity contribution in [2.24, 2.45) is 0 Å². The number of aromatic nitrogens is 2. The number of aliphatic hydroxyl groups is 1. The van der Waals surface area contributed by atoms with Crippen LogP contribution < -0.4 is 0 Å². The van der Waals surface area contributed by atoms with Crippen LogP contribution in [-0.4, -0.2) is 15.1 Å². The van der Waals surface area contributed by atoms with Crippen molar-refractivity contribution in [1.82, 2.24) is 9.97 Å². The van der Waals surface area contributed by atoms with Crippen molar-refractivity contribution in [3.63, 3.8) is 0 Å². The summed E-state index contributed by atoms with van der Waals surface area (Å²) in [4.78, 5) is 5.99. The molecule has 0 aliphatic rings. The van der Waals surface area contributed by atoms with E-state index in [2.05, 4.69) is 22.1 Å². The molecule has 0 radical (unpaired) electrons. The number of aromatic amines is 2. The van der Waals surface area contributed by atoms with Crippen molar-refractivity contribution < 1.29 is 5.11 Å². The molecule has 3 rings (SSSR count). The molecule has 0 unspecified atom stereocenters. The van der Waals surface area contributed by atoms with Crippen molar-refractivity contribution in [3.8, 4) is 22.4 Å². The summed E-state index contributed by atoms with van der Waals surface area (Å²) in [6.45, 7) is 0.0624. The minimum Gasteiger partial charge on any atom is -0.392 e. The highest BCUT2D eigenvalue weighted by Crippen LogP contribution is 2.24. The van der Waals surface area contributed by atoms with Gasteiger partial charge in [-0.1, -0.05) is 60.7 Å². The summed E-state index contributed by atoms with van der Waals surface area (Å²) in [5.74, 6) is 0. The summed E-state index contributed by atoms with van der Waals surface area (Å²) < 4.78 is 1.13. The van der Waals surface area contributed by atoms with Gasteiger partial charge in [0.2, 0.25) is 0 Å². The van der Waals surface area contributed by atoms with Crippen LogP contribution in [0.2, 0.25) is 0 Å². The van der Waals surface area contributed by atoms with Gasteiger partial charge in [-0.15, -0.1) is 0 Å². The topological polar surface area (TPSA) is 51.8 Å². The van der Waals surface area contributed by atoms with Gasteiger partial charge in [0.05, 0.1) is 12.3 Å². The predicted molar refractivity (Wildman–Crippen MR) is 93.6 cm³/mol. The summed E-state index contributed by atoms with van der Waals surface area (Å²) in [6.07, 6.45) is 0. The van der Waals surface area contributed by atoms with Crippen LogP contribution in [0.5, 0.6) is 0 Å². The van der Waals surface area contributed by atoms with Crippen LogP contribution in [-0.2, 0) is 6.61 Å². The summed E-state index contributed by atoms with van der Waals surface area (Å²) >= 11 is 10.3. The molecule has 0 aliphatic heterocycles. The van der Waals surface area contributed by atoms with E-state index in [1.807, 2.05) is 42.5 Å². The highest BCUT2D eigenvalue weighted by Gasteiger charge is 2.01. The fourth-order valence-corrected chi connectivity index (χ4v) is 2.77. The molecule has 0 atom stereocenters. The van der Waals surface area contributed by atoms with E-state index < -0.39 is 0 Å². The molecule has 3 aromatic rings. The van der Waals surface area contributed by atoms with E-state index in [4.69, 9.17) is 29.5 Å². The van der Waals surface area contributed by atoms with Gasteiger partial charge >= 0.3 is 0 Å². The Morgan fingerprint density at radius 1 is 0.773 bits per heavy atom. The van der Waals surface area contributed by atoms with Crippen molar-refractivity contribution in [2.45, 2.75) is 6.61 Å². The lowest BCUT2D eigenvalue weighted by Gasteiger charge is -2.06. The molecule has 0 amide bonds. The molecule has 1 heterocycles. The van der Waals surface area contributed by atoms with Crippen LogP contribution in [0.3, 0.4) is 0 Å². The van der Waals surface area contributed by atoms with E-state index in [1.165, 1.54) is 0 Å². The van der Waals surface area contributed by atoms with Crippen molar-refractivity contribution in [2.75, 3.05) is 0 Å². The molecule has 0 saturated heterocycles. The second kappa shape index (κ2) is 6.36. The second-order valence-corrected chi connectivity index (χ2v) is 5.78. The maximum Gasteiger partial charge on any atom is 0.175 e. The number of hydrogen-bond acceptors (Lipinski definition) is 3. The highest BCUT2D eigenvalue weighted by atomic mass is 32.1. The SMILES string of the molecule is OCc1ccc(-c2ccc(-c3cc(=S)[nH]c(=S)[nH]3)cc2)cc1. The van der Waals surface area contributed by atoms with Gasteiger partial charge in [-0.25, -0.2) is 0 Å².